The summed E-state index contributed by atoms with van der Waals surface area (Å²) in [5.74, 6) is 1.02. The van der Waals surface area contributed by atoms with Gasteiger partial charge in [-0.05, 0) is 26.3 Å². The number of hydrogen-bond acceptors (Lipinski definition) is 3. The van der Waals surface area contributed by atoms with Gasteiger partial charge in [0.1, 0.15) is 11.4 Å². The lowest BCUT2D eigenvalue weighted by atomic mass is 10.0. The number of hydrogen-bond donors (Lipinski definition) is 2. The minimum absolute atomic E-state index is 0.0945. The lowest BCUT2D eigenvalue weighted by Gasteiger charge is -2.18. The Bertz CT molecular complexity index is 399. The van der Waals surface area contributed by atoms with Gasteiger partial charge >= 0.3 is 0 Å². The van der Waals surface area contributed by atoms with Crippen LogP contribution in [-0.4, -0.2) is 23.4 Å². The molecule has 0 amide bonds. The minimum atomic E-state index is -0.316. The maximum Gasteiger partial charge on any atom is 0.127 e. The van der Waals surface area contributed by atoms with E-state index in [1.54, 1.807) is 6.92 Å². The van der Waals surface area contributed by atoms with E-state index >= 15 is 0 Å². The highest BCUT2D eigenvalue weighted by atomic mass is 16.5. The van der Waals surface area contributed by atoms with Gasteiger partial charge in [-0.1, -0.05) is 18.2 Å². The third kappa shape index (κ3) is 2.99. The van der Waals surface area contributed by atoms with E-state index in [9.17, 15) is 5.11 Å². The molecule has 17 heavy (non-hydrogen) atoms. The highest BCUT2D eigenvalue weighted by molar-refractivity contribution is 5.45. The van der Waals surface area contributed by atoms with Crippen molar-refractivity contribution >= 4 is 0 Å². The van der Waals surface area contributed by atoms with Crippen LogP contribution in [0.1, 0.15) is 31.9 Å². The Morgan fingerprint density at radius 1 is 1.47 bits per heavy atom. The van der Waals surface area contributed by atoms with Crippen molar-refractivity contribution < 1.29 is 9.84 Å². The number of ether oxygens (including phenoxy) is 1. The summed E-state index contributed by atoms with van der Waals surface area (Å²) in [4.78, 5) is 0. The first-order chi connectivity index (χ1) is 7.98. The maximum absolute atomic E-state index is 9.21. The van der Waals surface area contributed by atoms with Gasteiger partial charge < -0.3 is 15.2 Å². The fraction of sp³-hybridized carbons (Fsp3) is 0.571. The molecule has 0 spiro atoms. The molecule has 1 aliphatic rings. The van der Waals surface area contributed by atoms with Crippen LogP contribution in [0, 0.1) is 0 Å². The Kier molecular flexibility index (Phi) is 3.40. The molecule has 3 heteroatoms. The van der Waals surface area contributed by atoms with Crippen LogP contribution in [0.4, 0.5) is 0 Å². The van der Waals surface area contributed by atoms with Crippen molar-refractivity contribution in [2.45, 2.75) is 45.4 Å². The minimum Gasteiger partial charge on any atom is -0.487 e. The van der Waals surface area contributed by atoms with Crippen molar-refractivity contribution in [2.75, 3.05) is 6.54 Å². The average molecular weight is 235 g/mol. The van der Waals surface area contributed by atoms with Gasteiger partial charge in [-0.3, -0.25) is 0 Å². The molecule has 94 valence electrons. The molecule has 0 aromatic heterocycles. The summed E-state index contributed by atoms with van der Waals surface area (Å²) in [5.41, 5.74) is 2.36. The molecule has 2 N–H and O–H groups in total. The quantitative estimate of drug-likeness (QED) is 0.837. The van der Waals surface area contributed by atoms with Crippen molar-refractivity contribution in [3.8, 4) is 5.75 Å². The molecule has 1 atom stereocenters. The normalized spacial score (nSPS) is 18.6. The van der Waals surface area contributed by atoms with Crippen LogP contribution >= 0.6 is 0 Å². The zero-order valence-corrected chi connectivity index (χ0v) is 10.8. The zero-order chi connectivity index (χ0) is 12.5. The molecule has 0 bridgehead atoms. The number of aliphatic hydroxyl groups is 1. The first-order valence-electron chi connectivity index (χ1n) is 6.16. The predicted octanol–water partition coefficient (Wildman–Crippen LogP) is 1.87. The summed E-state index contributed by atoms with van der Waals surface area (Å²) in [7, 11) is 0. The van der Waals surface area contributed by atoms with Crippen molar-refractivity contribution in [1.82, 2.24) is 5.32 Å². The van der Waals surface area contributed by atoms with Crippen molar-refractivity contribution in [2.24, 2.45) is 0 Å². The van der Waals surface area contributed by atoms with Gasteiger partial charge in [-0.25, -0.2) is 0 Å². The van der Waals surface area contributed by atoms with Crippen LogP contribution in [-0.2, 0) is 13.0 Å². The lowest BCUT2D eigenvalue weighted by Crippen LogP contribution is -2.26. The number of nitrogens with one attached hydrogen (secondary N) is 1. The van der Waals surface area contributed by atoms with Gasteiger partial charge in [0.05, 0.1) is 6.10 Å². The van der Waals surface area contributed by atoms with E-state index in [0.717, 1.165) is 18.7 Å². The SMILES string of the molecule is CC(O)CNCc1cccc2c1OC(C)(C)C2. The summed E-state index contributed by atoms with van der Waals surface area (Å²) in [6, 6.07) is 6.28. The average Bonchev–Trinajstić information content (AvgIpc) is 2.52. The smallest absolute Gasteiger partial charge is 0.127 e. The van der Waals surface area contributed by atoms with E-state index in [1.807, 2.05) is 0 Å². The topological polar surface area (TPSA) is 41.5 Å². The van der Waals surface area contributed by atoms with E-state index in [4.69, 9.17) is 4.74 Å². The van der Waals surface area contributed by atoms with Crippen molar-refractivity contribution in [1.29, 1.82) is 0 Å². The van der Waals surface area contributed by atoms with Crippen LogP contribution in [0.3, 0.4) is 0 Å². The first-order valence-corrected chi connectivity index (χ1v) is 6.16. The monoisotopic (exact) mass is 235 g/mol. The van der Waals surface area contributed by atoms with E-state index < -0.39 is 0 Å². The van der Waals surface area contributed by atoms with Crippen molar-refractivity contribution in [3.63, 3.8) is 0 Å². The Hall–Kier alpha value is -1.06. The van der Waals surface area contributed by atoms with E-state index in [2.05, 4.69) is 37.4 Å². The molecule has 0 saturated heterocycles. The Morgan fingerprint density at radius 3 is 2.94 bits per heavy atom. The van der Waals surface area contributed by atoms with Crippen molar-refractivity contribution in [3.05, 3.63) is 29.3 Å². The maximum atomic E-state index is 9.21. The molecule has 1 aromatic rings. The predicted molar refractivity (Wildman–Crippen MR) is 68.2 cm³/mol. The van der Waals surface area contributed by atoms with Crippen LogP contribution in [0.25, 0.3) is 0 Å². The summed E-state index contributed by atoms with van der Waals surface area (Å²) in [6.45, 7) is 7.35. The standard InChI is InChI=1S/C14H21NO2/c1-10(16)8-15-9-12-6-4-5-11-7-14(2,3)17-13(11)12/h4-6,10,15-16H,7-9H2,1-3H3. The summed E-state index contributed by atoms with van der Waals surface area (Å²) in [6.07, 6.45) is 0.649. The van der Waals surface area contributed by atoms with Gasteiger partial charge in [0.2, 0.25) is 0 Å². The number of rotatable bonds is 4. The second-order valence-corrected chi connectivity index (χ2v) is 5.42. The number of para-hydroxylation sites is 1. The third-order valence-electron chi connectivity index (χ3n) is 2.93. The van der Waals surface area contributed by atoms with E-state index in [0.29, 0.717) is 6.54 Å². The molecule has 1 aliphatic heterocycles. The lowest BCUT2D eigenvalue weighted by molar-refractivity contribution is 0.136. The Morgan fingerprint density at radius 2 is 2.24 bits per heavy atom. The largest absolute Gasteiger partial charge is 0.487 e. The van der Waals surface area contributed by atoms with Crippen LogP contribution in [0.5, 0.6) is 5.75 Å². The molecule has 1 unspecified atom stereocenters. The summed E-state index contributed by atoms with van der Waals surface area (Å²) < 4.78 is 5.98. The van der Waals surface area contributed by atoms with Gasteiger partial charge in [-0.15, -0.1) is 0 Å². The van der Waals surface area contributed by atoms with Gasteiger partial charge in [-0.2, -0.15) is 0 Å². The van der Waals surface area contributed by atoms with Gasteiger partial charge in [0.25, 0.3) is 0 Å². The number of aliphatic hydroxyl groups excluding tert-OH is 1. The van der Waals surface area contributed by atoms with Gasteiger partial charge in [0, 0.05) is 25.1 Å². The molecule has 1 heterocycles. The molecule has 0 fully saturated rings. The van der Waals surface area contributed by atoms with Gasteiger partial charge in [0.15, 0.2) is 0 Å². The molecule has 3 nitrogen and oxygen atoms in total. The molecule has 1 aromatic carbocycles. The molecule has 0 saturated carbocycles. The number of fused-ring (bicyclic) bond motifs is 1. The Balaban J connectivity index is 2.08. The first kappa shape index (κ1) is 12.4. The molecular formula is C14H21NO2. The summed E-state index contributed by atoms with van der Waals surface area (Å²) in [5, 5.41) is 12.4. The molecule has 0 aliphatic carbocycles. The Labute approximate surface area is 103 Å². The molecule has 0 radical (unpaired) electrons. The summed E-state index contributed by atoms with van der Waals surface area (Å²) >= 11 is 0. The third-order valence-corrected chi connectivity index (χ3v) is 2.93. The number of benzene rings is 1. The zero-order valence-electron chi connectivity index (χ0n) is 10.8. The van der Waals surface area contributed by atoms with E-state index in [-0.39, 0.29) is 11.7 Å². The fourth-order valence-electron chi connectivity index (χ4n) is 2.23. The molecule has 2 rings (SSSR count). The fourth-order valence-corrected chi connectivity index (χ4v) is 2.23. The van der Waals surface area contributed by atoms with Crippen LogP contribution < -0.4 is 10.1 Å². The second-order valence-electron chi connectivity index (χ2n) is 5.42. The molecular weight excluding hydrogens is 214 g/mol. The van der Waals surface area contributed by atoms with Crippen LogP contribution in [0.15, 0.2) is 18.2 Å². The highest BCUT2D eigenvalue weighted by Crippen LogP contribution is 2.37. The second kappa shape index (κ2) is 4.67. The highest BCUT2D eigenvalue weighted by Gasteiger charge is 2.31. The van der Waals surface area contributed by atoms with Crippen LogP contribution in [0.2, 0.25) is 0 Å². The van der Waals surface area contributed by atoms with E-state index in [1.165, 1.54) is 11.1 Å².